The zero-order valence-corrected chi connectivity index (χ0v) is 11.7. The van der Waals surface area contributed by atoms with Gasteiger partial charge >= 0.3 is 6.18 Å². The Labute approximate surface area is 120 Å². The number of halogens is 3. The minimum Gasteiger partial charge on any atom is -0.467 e. The molecule has 0 radical (unpaired) electrons. The molecule has 1 fully saturated rings. The lowest BCUT2D eigenvalue weighted by molar-refractivity contribution is -0.154. The molecule has 0 aromatic carbocycles. The van der Waals surface area contributed by atoms with E-state index in [0.29, 0.717) is 6.54 Å². The van der Waals surface area contributed by atoms with Crippen LogP contribution in [0.3, 0.4) is 0 Å². The Morgan fingerprint density at radius 1 is 1.48 bits per heavy atom. The number of amides is 1. The zero-order valence-electron chi connectivity index (χ0n) is 11.7. The summed E-state index contributed by atoms with van der Waals surface area (Å²) in [7, 11) is 0. The number of likely N-dealkylation sites (tertiary alicyclic amines) is 1. The summed E-state index contributed by atoms with van der Waals surface area (Å²) in [6, 6.07) is 3.03. The Hall–Kier alpha value is -1.79. The first-order valence-electron chi connectivity index (χ1n) is 6.84. The Morgan fingerprint density at radius 2 is 2.24 bits per heavy atom. The molecule has 2 heterocycles. The highest BCUT2D eigenvalue weighted by Gasteiger charge is 2.31. The van der Waals surface area contributed by atoms with Gasteiger partial charge < -0.3 is 9.64 Å². The smallest absolute Gasteiger partial charge is 0.422 e. The molecule has 1 atom stereocenters. The molecule has 1 aliphatic heterocycles. The van der Waals surface area contributed by atoms with E-state index in [0.717, 1.165) is 19.3 Å². The van der Waals surface area contributed by atoms with Gasteiger partial charge in [0.25, 0.3) is 5.91 Å². The van der Waals surface area contributed by atoms with Gasteiger partial charge in [0.1, 0.15) is 5.56 Å². The Balaban J connectivity index is 2.16. The molecule has 0 spiro atoms. The van der Waals surface area contributed by atoms with Crippen LogP contribution in [0.2, 0.25) is 0 Å². The van der Waals surface area contributed by atoms with E-state index in [4.69, 9.17) is 0 Å². The summed E-state index contributed by atoms with van der Waals surface area (Å²) in [5.41, 5.74) is 0.0792. The normalized spacial score (nSPS) is 19.4. The van der Waals surface area contributed by atoms with Crippen molar-refractivity contribution in [1.82, 2.24) is 9.88 Å². The Kier molecular flexibility index (Phi) is 4.69. The number of hydrogen-bond acceptors (Lipinski definition) is 3. The number of piperidine rings is 1. The first-order chi connectivity index (χ1) is 9.88. The summed E-state index contributed by atoms with van der Waals surface area (Å²) >= 11 is 0. The highest BCUT2D eigenvalue weighted by molar-refractivity contribution is 5.96. The maximum atomic E-state index is 12.5. The third kappa shape index (κ3) is 4.09. The fourth-order valence-electron chi connectivity index (χ4n) is 2.37. The molecule has 0 aliphatic carbocycles. The van der Waals surface area contributed by atoms with Crippen LogP contribution in [0.25, 0.3) is 0 Å². The van der Waals surface area contributed by atoms with E-state index < -0.39 is 12.8 Å². The molecule has 116 valence electrons. The van der Waals surface area contributed by atoms with Crippen molar-refractivity contribution in [2.24, 2.45) is 0 Å². The summed E-state index contributed by atoms with van der Waals surface area (Å²) in [4.78, 5) is 17.9. The first-order valence-corrected chi connectivity index (χ1v) is 6.84. The van der Waals surface area contributed by atoms with Crippen LogP contribution in [0.4, 0.5) is 13.2 Å². The summed E-state index contributed by atoms with van der Waals surface area (Å²) in [5, 5.41) is 0. The number of carbonyl (C=O) groups excluding carboxylic acids is 1. The monoisotopic (exact) mass is 302 g/mol. The molecule has 1 unspecified atom stereocenters. The number of hydrogen-bond donors (Lipinski definition) is 0. The average molecular weight is 302 g/mol. The lowest BCUT2D eigenvalue weighted by Gasteiger charge is -2.33. The summed E-state index contributed by atoms with van der Waals surface area (Å²) in [6.07, 6.45) is -0.312. The second-order valence-corrected chi connectivity index (χ2v) is 5.10. The van der Waals surface area contributed by atoms with Gasteiger partial charge in [-0.3, -0.25) is 4.79 Å². The molecule has 21 heavy (non-hydrogen) atoms. The van der Waals surface area contributed by atoms with Gasteiger partial charge in [-0.25, -0.2) is 4.98 Å². The molecular formula is C14H17F3N2O2. The minimum absolute atomic E-state index is 0.0712. The van der Waals surface area contributed by atoms with Crippen molar-refractivity contribution >= 4 is 5.91 Å². The number of ether oxygens (including phenoxy) is 1. The lowest BCUT2D eigenvalue weighted by Crippen LogP contribution is -2.42. The van der Waals surface area contributed by atoms with Gasteiger partial charge in [0.05, 0.1) is 0 Å². The molecule has 1 amide bonds. The van der Waals surface area contributed by atoms with Gasteiger partial charge in [0, 0.05) is 18.8 Å². The van der Waals surface area contributed by atoms with Crippen LogP contribution < -0.4 is 4.74 Å². The van der Waals surface area contributed by atoms with E-state index in [9.17, 15) is 18.0 Å². The number of rotatable bonds is 3. The van der Waals surface area contributed by atoms with Crippen molar-refractivity contribution in [1.29, 1.82) is 0 Å². The predicted octanol–water partition coefficient (Wildman–Crippen LogP) is 3.04. The van der Waals surface area contributed by atoms with Crippen molar-refractivity contribution in [2.75, 3.05) is 13.2 Å². The lowest BCUT2D eigenvalue weighted by atomic mass is 10.0. The number of pyridine rings is 1. The van der Waals surface area contributed by atoms with Gasteiger partial charge in [0.2, 0.25) is 5.88 Å². The molecule has 0 saturated carbocycles. The topological polar surface area (TPSA) is 42.4 Å². The number of alkyl halides is 3. The largest absolute Gasteiger partial charge is 0.467 e. The van der Waals surface area contributed by atoms with Crippen molar-refractivity contribution < 1.29 is 22.7 Å². The Morgan fingerprint density at radius 3 is 2.90 bits per heavy atom. The maximum absolute atomic E-state index is 12.5. The molecule has 1 saturated heterocycles. The average Bonchev–Trinajstić information content (AvgIpc) is 2.44. The molecule has 2 rings (SSSR count). The summed E-state index contributed by atoms with van der Waals surface area (Å²) in [5.74, 6) is -0.593. The summed E-state index contributed by atoms with van der Waals surface area (Å²) in [6.45, 7) is 1.08. The van der Waals surface area contributed by atoms with E-state index in [-0.39, 0.29) is 23.4 Å². The fourth-order valence-corrected chi connectivity index (χ4v) is 2.37. The van der Waals surface area contributed by atoms with Gasteiger partial charge in [-0.2, -0.15) is 13.2 Å². The van der Waals surface area contributed by atoms with Crippen LogP contribution in [0.15, 0.2) is 18.3 Å². The van der Waals surface area contributed by atoms with E-state index in [1.165, 1.54) is 18.3 Å². The second-order valence-electron chi connectivity index (χ2n) is 5.10. The maximum Gasteiger partial charge on any atom is 0.422 e. The second kappa shape index (κ2) is 6.32. The van der Waals surface area contributed by atoms with Gasteiger partial charge in [-0.15, -0.1) is 0 Å². The molecular weight excluding hydrogens is 285 g/mol. The standard InChI is InChI=1S/C14H17F3N2O2/c1-10-5-2-3-8-19(10)13(20)11-6-4-7-18-12(11)21-9-14(15,16)17/h4,6-7,10H,2-3,5,8-9H2,1H3. The highest BCUT2D eigenvalue weighted by atomic mass is 19.4. The predicted molar refractivity (Wildman–Crippen MR) is 70.1 cm³/mol. The number of nitrogens with zero attached hydrogens (tertiary/aromatic N) is 2. The SMILES string of the molecule is CC1CCCCN1C(=O)c1cccnc1OCC(F)(F)F. The molecule has 1 aliphatic rings. The molecule has 7 heteroatoms. The first kappa shape index (κ1) is 15.6. The fraction of sp³-hybridized carbons (Fsp3) is 0.571. The molecule has 1 aromatic heterocycles. The van der Waals surface area contributed by atoms with Crippen LogP contribution in [0.1, 0.15) is 36.5 Å². The molecule has 4 nitrogen and oxygen atoms in total. The van der Waals surface area contributed by atoms with E-state index in [2.05, 4.69) is 9.72 Å². The zero-order chi connectivity index (χ0) is 15.5. The minimum atomic E-state index is -4.46. The third-order valence-corrected chi connectivity index (χ3v) is 3.44. The van der Waals surface area contributed by atoms with Crippen molar-refractivity contribution in [3.63, 3.8) is 0 Å². The third-order valence-electron chi connectivity index (χ3n) is 3.44. The summed E-state index contributed by atoms with van der Waals surface area (Å²) < 4.78 is 41.4. The molecule has 0 bridgehead atoms. The Bertz CT molecular complexity index is 505. The van der Waals surface area contributed by atoms with Crippen LogP contribution in [-0.2, 0) is 0 Å². The van der Waals surface area contributed by atoms with E-state index >= 15 is 0 Å². The van der Waals surface area contributed by atoms with Gasteiger partial charge in [0.15, 0.2) is 6.61 Å². The van der Waals surface area contributed by atoms with E-state index in [1.807, 2.05) is 6.92 Å². The highest BCUT2D eigenvalue weighted by Crippen LogP contribution is 2.24. The van der Waals surface area contributed by atoms with Crippen LogP contribution >= 0.6 is 0 Å². The van der Waals surface area contributed by atoms with E-state index in [1.54, 1.807) is 4.90 Å². The van der Waals surface area contributed by atoms with Crippen molar-refractivity contribution in [3.8, 4) is 5.88 Å². The van der Waals surface area contributed by atoms with Gasteiger partial charge in [-0.1, -0.05) is 0 Å². The van der Waals surface area contributed by atoms with Crippen LogP contribution in [0.5, 0.6) is 5.88 Å². The number of aromatic nitrogens is 1. The van der Waals surface area contributed by atoms with Crippen molar-refractivity contribution in [3.05, 3.63) is 23.9 Å². The van der Waals surface area contributed by atoms with Crippen LogP contribution in [-0.4, -0.2) is 41.2 Å². The van der Waals surface area contributed by atoms with Crippen LogP contribution in [0, 0.1) is 0 Å². The number of carbonyl (C=O) groups is 1. The quantitative estimate of drug-likeness (QED) is 0.862. The van der Waals surface area contributed by atoms with Gasteiger partial charge in [-0.05, 0) is 38.3 Å². The molecule has 1 aromatic rings. The molecule has 0 N–H and O–H groups in total. The van der Waals surface area contributed by atoms with Crippen molar-refractivity contribution in [2.45, 2.75) is 38.4 Å².